The summed E-state index contributed by atoms with van der Waals surface area (Å²) in [4.78, 5) is 35.2. The number of aromatic nitrogens is 2. The first-order valence-electron chi connectivity index (χ1n) is 11.0. The third-order valence-electron chi connectivity index (χ3n) is 5.52. The molecule has 1 fully saturated rings. The number of nitrogens with one attached hydrogen (secondary N) is 1. The summed E-state index contributed by atoms with van der Waals surface area (Å²) in [6.07, 6.45) is -0.0376. The molecule has 2 N–H and O–H groups in total. The second kappa shape index (κ2) is 10.5. The molecule has 3 heterocycles. The number of methoxy groups -OCH3 is 2. The number of halogens is 1. The summed E-state index contributed by atoms with van der Waals surface area (Å²) in [7, 11) is 2.67. The number of fused-ring (bicyclic) bond motifs is 1. The number of alkyl carbamates (subject to hydrolysis) is 1. The lowest BCUT2D eigenvalue weighted by Gasteiger charge is -2.38. The monoisotopic (exact) mass is 478 g/mol. The van der Waals surface area contributed by atoms with Crippen molar-refractivity contribution in [3.63, 3.8) is 0 Å². The second-order valence-electron chi connectivity index (χ2n) is 9.19. The smallest absolute Gasteiger partial charge is 0.408 e. The van der Waals surface area contributed by atoms with Crippen molar-refractivity contribution in [2.45, 2.75) is 50.9 Å². The molecule has 186 valence electrons. The Hall–Kier alpha value is -3.05. The van der Waals surface area contributed by atoms with Crippen LogP contribution in [0.25, 0.3) is 11.0 Å². The zero-order chi connectivity index (χ0) is 25.0. The first-order chi connectivity index (χ1) is 16.0. The highest BCUT2D eigenvalue weighted by Crippen LogP contribution is 2.30. The van der Waals surface area contributed by atoms with E-state index >= 15 is 4.39 Å². The fourth-order valence-electron chi connectivity index (χ4n) is 3.95. The molecule has 0 aromatic carbocycles. The zero-order valence-corrected chi connectivity index (χ0v) is 20.0. The fraction of sp³-hybridized carbons (Fsp3) is 0.565. The lowest BCUT2D eigenvalue weighted by molar-refractivity contribution is -0.143. The Morgan fingerprint density at radius 2 is 2.06 bits per heavy atom. The first-order valence-corrected chi connectivity index (χ1v) is 11.0. The van der Waals surface area contributed by atoms with Crippen molar-refractivity contribution in [2.24, 2.45) is 0 Å². The fourth-order valence-corrected chi connectivity index (χ4v) is 3.95. The van der Waals surface area contributed by atoms with Crippen molar-refractivity contribution in [1.29, 1.82) is 0 Å². The van der Waals surface area contributed by atoms with Gasteiger partial charge in [-0.15, -0.1) is 0 Å². The molecule has 11 heteroatoms. The number of piperidine rings is 1. The number of carbonyl (C=O) groups excluding carboxylic acids is 2. The van der Waals surface area contributed by atoms with Gasteiger partial charge in [0.05, 0.1) is 49.5 Å². The Bertz CT molecular complexity index is 1040. The molecule has 1 aliphatic heterocycles. The van der Waals surface area contributed by atoms with Gasteiger partial charge in [0.15, 0.2) is 0 Å². The molecule has 2 unspecified atom stereocenters. The van der Waals surface area contributed by atoms with Gasteiger partial charge in [0, 0.05) is 31.3 Å². The molecule has 34 heavy (non-hydrogen) atoms. The van der Waals surface area contributed by atoms with Crippen LogP contribution >= 0.6 is 0 Å². The lowest BCUT2D eigenvalue weighted by Crippen LogP contribution is -2.56. The van der Waals surface area contributed by atoms with E-state index in [0.717, 1.165) is 6.20 Å². The Morgan fingerprint density at radius 3 is 2.71 bits per heavy atom. The highest BCUT2D eigenvalue weighted by molar-refractivity contribution is 5.87. The number of ether oxygens (including phenoxy) is 3. The first kappa shape index (κ1) is 25.6. The van der Waals surface area contributed by atoms with Crippen LogP contribution in [0.4, 0.5) is 9.18 Å². The van der Waals surface area contributed by atoms with Crippen LogP contribution in [0.1, 0.15) is 38.7 Å². The van der Waals surface area contributed by atoms with Gasteiger partial charge in [0.2, 0.25) is 5.88 Å². The zero-order valence-electron chi connectivity index (χ0n) is 20.0. The number of carbonyl (C=O) groups is 2. The standard InChI is InChI=1S/C23H31FN4O6/c1-23(2,3)34-22(31)26-16-12-28(9-8-17(16)29)11-13(21(30)33-5)19-14(24)10-25-15-6-7-18(32-4)27-20(15)19/h6-7,10,13,16-17,29H,8-9,11-12H2,1-5H3,(H,26,31)/t13?,16?,17-/m1/s1. The van der Waals surface area contributed by atoms with Gasteiger partial charge in [-0.3, -0.25) is 14.7 Å². The maximum Gasteiger partial charge on any atom is 0.408 e. The van der Waals surface area contributed by atoms with Gasteiger partial charge in [0.25, 0.3) is 0 Å². The van der Waals surface area contributed by atoms with E-state index in [9.17, 15) is 14.7 Å². The summed E-state index contributed by atoms with van der Waals surface area (Å²) in [5.41, 5.74) is -0.0220. The average molecular weight is 479 g/mol. The van der Waals surface area contributed by atoms with Crippen molar-refractivity contribution in [3.05, 3.63) is 29.7 Å². The van der Waals surface area contributed by atoms with Crippen molar-refractivity contribution in [3.8, 4) is 5.88 Å². The molecule has 2 aromatic heterocycles. The average Bonchev–Trinajstić information content (AvgIpc) is 2.77. The quantitative estimate of drug-likeness (QED) is 0.600. The minimum Gasteiger partial charge on any atom is -0.481 e. The van der Waals surface area contributed by atoms with Crippen LogP contribution in [0.5, 0.6) is 5.88 Å². The van der Waals surface area contributed by atoms with Crippen LogP contribution in [-0.2, 0) is 14.3 Å². The van der Waals surface area contributed by atoms with Crippen LogP contribution in [0.2, 0.25) is 0 Å². The number of esters is 1. The second-order valence-corrected chi connectivity index (χ2v) is 9.19. The Balaban J connectivity index is 1.87. The van der Waals surface area contributed by atoms with E-state index in [-0.39, 0.29) is 30.0 Å². The van der Waals surface area contributed by atoms with Crippen LogP contribution in [-0.4, -0.2) is 83.6 Å². The molecule has 0 radical (unpaired) electrons. The van der Waals surface area contributed by atoms with E-state index in [1.165, 1.54) is 14.2 Å². The molecule has 0 saturated carbocycles. The minimum atomic E-state index is -1.02. The maximum atomic E-state index is 15.0. The highest BCUT2D eigenvalue weighted by Gasteiger charge is 2.35. The Kier molecular flexibility index (Phi) is 7.88. The molecule has 0 spiro atoms. The number of aliphatic hydroxyl groups excluding tert-OH is 1. The predicted molar refractivity (Wildman–Crippen MR) is 121 cm³/mol. The van der Waals surface area contributed by atoms with Crippen LogP contribution in [0.3, 0.4) is 0 Å². The van der Waals surface area contributed by atoms with Crippen molar-refractivity contribution >= 4 is 23.1 Å². The predicted octanol–water partition coefficient (Wildman–Crippen LogP) is 1.99. The normalized spacial score (nSPS) is 20.0. The van der Waals surface area contributed by atoms with Gasteiger partial charge in [0.1, 0.15) is 11.4 Å². The van der Waals surface area contributed by atoms with Gasteiger partial charge >= 0.3 is 12.1 Å². The molecule has 0 bridgehead atoms. The molecule has 3 atom stereocenters. The largest absolute Gasteiger partial charge is 0.481 e. The summed E-state index contributed by atoms with van der Waals surface area (Å²) in [6, 6.07) is 2.61. The number of rotatable bonds is 6. The molecule has 2 aromatic rings. The number of hydrogen-bond donors (Lipinski definition) is 2. The van der Waals surface area contributed by atoms with Crippen LogP contribution in [0.15, 0.2) is 18.3 Å². The molecule has 1 saturated heterocycles. The highest BCUT2D eigenvalue weighted by atomic mass is 19.1. The van der Waals surface area contributed by atoms with Crippen molar-refractivity contribution < 1.29 is 33.3 Å². The van der Waals surface area contributed by atoms with Gasteiger partial charge in [-0.05, 0) is 33.3 Å². The maximum absolute atomic E-state index is 15.0. The van der Waals surface area contributed by atoms with E-state index in [4.69, 9.17) is 14.2 Å². The van der Waals surface area contributed by atoms with E-state index in [1.807, 2.05) is 4.90 Å². The number of hydrogen-bond acceptors (Lipinski definition) is 9. The summed E-state index contributed by atoms with van der Waals surface area (Å²) >= 11 is 0. The summed E-state index contributed by atoms with van der Waals surface area (Å²) in [5.74, 6) is -2.09. The lowest BCUT2D eigenvalue weighted by atomic mass is 9.94. The molecule has 3 rings (SSSR count). The topological polar surface area (TPSA) is 123 Å². The molecule has 0 aliphatic carbocycles. The van der Waals surface area contributed by atoms with Crippen LogP contribution in [0, 0.1) is 5.82 Å². The Morgan fingerprint density at radius 1 is 1.32 bits per heavy atom. The Labute approximate surface area is 197 Å². The molecule has 10 nitrogen and oxygen atoms in total. The van der Waals surface area contributed by atoms with Gasteiger partial charge in [-0.2, -0.15) is 0 Å². The van der Waals surface area contributed by atoms with E-state index < -0.39 is 41.5 Å². The van der Waals surface area contributed by atoms with Crippen molar-refractivity contribution in [2.75, 3.05) is 33.9 Å². The third kappa shape index (κ3) is 6.09. The van der Waals surface area contributed by atoms with E-state index in [1.54, 1.807) is 32.9 Å². The summed E-state index contributed by atoms with van der Waals surface area (Å²) < 4.78 is 30.5. The van der Waals surface area contributed by atoms with Crippen molar-refractivity contribution in [1.82, 2.24) is 20.2 Å². The number of nitrogens with zero attached hydrogens (tertiary/aromatic N) is 3. The molecular weight excluding hydrogens is 447 g/mol. The molecule has 1 aliphatic rings. The molecular formula is C23H31FN4O6. The van der Waals surface area contributed by atoms with Gasteiger partial charge in [-0.25, -0.2) is 14.2 Å². The molecule has 1 amide bonds. The number of likely N-dealkylation sites (tertiary alicyclic amines) is 1. The number of amides is 1. The SMILES string of the molecule is COC(=O)C(CN1CC[C@@H](O)C(NC(=O)OC(C)(C)C)C1)c1c(F)cnc2ccc(OC)nc12. The van der Waals surface area contributed by atoms with Crippen LogP contribution < -0.4 is 10.1 Å². The van der Waals surface area contributed by atoms with Gasteiger partial charge < -0.3 is 24.6 Å². The number of pyridine rings is 2. The third-order valence-corrected chi connectivity index (χ3v) is 5.52. The van der Waals surface area contributed by atoms with E-state index in [0.29, 0.717) is 18.5 Å². The van der Waals surface area contributed by atoms with E-state index in [2.05, 4.69) is 15.3 Å². The summed E-state index contributed by atoms with van der Waals surface area (Å²) in [6.45, 7) is 5.98. The minimum absolute atomic E-state index is 0.0542. The summed E-state index contributed by atoms with van der Waals surface area (Å²) in [5, 5.41) is 13.1. The van der Waals surface area contributed by atoms with Gasteiger partial charge in [-0.1, -0.05) is 0 Å². The number of aliphatic hydroxyl groups is 1.